The Morgan fingerprint density at radius 3 is 0.904 bits per heavy atom. The Bertz CT molecular complexity index is 1310. The number of ether oxygens (including phenoxy) is 3. The molecule has 0 saturated carbocycles. The average Bonchev–Trinajstić information content (AvgIpc) is 3.39. The van der Waals surface area contributed by atoms with Crippen LogP contribution in [-0.4, -0.2) is 37.2 Å². The van der Waals surface area contributed by atoms with Gasteiger partial charge in [0.05, 0.1) is 0 Å². The molecule has 0 aromatic carbocycles. The standard InChI is InChI=1S/C67H120O6/c1-4-7-10-13-16-19-22-25-26-27-28-29-30-31-32-33-34-35-36-37-38-39-40-43-45-48-51-54-57-60-66(69)72-63-64(73-67(70)61-58-55-52-49-46-42-24-21-18-15-12-9-6-3)62-71-65(68)59-56-53-50-47-44-41-23-20-17-14-11-8-5-2/h9,11-12,14,18,20-21,23,42,46,64H,4-8,10,13,15-17,19,22,24-41,43-45,47-63H2,1-3H3/b12-9-,14-11-,21-18-,23-20-,46-42-. The SMILES string of the molecule is CC/C=C\C/C=C\C/C=C\CCCCCC(=O)OC(COC(=O)CCCCCCC/C=C\C/C=C\CCC)COC(=O)CCCCCCCCCCCCCCCCCCCCCCCCCCCCCCC. The highest BCUT2D eigenvalue weighted by Crippen LogP contribution is 2.18. The fourth-order valence-electron chi connectivity index (χ4n) is 9.26. The molecule has 0 amide bonds. The van der Waals surface area contributed by atoms with E-state index in [0.29, 0.717) is 19.3 Å². The summed E-state index contributed by atoms with van der Waals surface area (Å²) in [5.74, 6) is -0.920. The minimum Gasteiger partial charge on any atom is -0.462 e. The van der Waals surface area contributed by atoms with Crippen LogP contribution in [-0.2, 0) is 28.6 Å². The molecule has 0 aliphatic rings. The molecular formula is C67H120O6. The molecule has 0 spiro atoms. The lowest BCUT2D eigenvalue weighted by atomic mass is 10.0. The molecule has 0 saturated heterocycles. The maximum Gasteiger partial charge on any atom is 0.306 e. The van der Waals surface area contributed by atoms with Crippen molar-refractivity contribution < 1.29 is 28.6 Å². The average molecular weight is 1020 g/mol. The van der Waals surface area contributed by atoms with Gasteiger partial charge in [-0.1, -0.05) is 293 Å². The third-order valence-electron chi connectivity index (χ3n) is 14.0. The van der Waals surface area contributed by atoms with Crippen LogP contribution in [0.1, 0.15) is 329 Å². The molecule has 0 heterocycles. The number of allylic oxidation sites excluding steroid dienone is 10. The fraction of sp³-hybridized carbons (Fsp3) is 0.806. The monoisotopic (exact) mass is 1020 g/mol. The first-order valence-corrected chi connectivity index (χ1v) is 31.8. The highest BCUT2D eigenvalue weighted by atomic mass is 16.6. The van der Waals surface area contributed by atoms with Crippen molar-refractivity contribution in [3.05, 3.63) is 60.8 Å². The summed E-state index contributed by atoms with van der Waals surface area (Å²) in [4.78, 5) is 38.2. The predicted octanol–water partition coefficient (Wildman–Crippen LogP) is 21.6. The molecule has 0 rings (SSSR count). The van der Waals surface area contributed by atoms with Gasteiger partial charge in [0.15, 0.2) is 6.10 Å². The van der Waals surface area contributed by atoms with Gasteiger partial charge in [0.2, 0.25) is 0 Å². The normalized spacial score (nSPS) is 12.4. The molecule has 0 bridgehead atoms. The van der Waals surface area contributed by atoms with Crippen LogP contribution in [0.15, 0.2) is 60.8 Å². The van der Waals surface area contributed by atoms with Crippen LogP contribution < -0.4 is 0 Å². The third kappa shape index (κ3) is 59.9. The van der Waals surface area contributed by atoms with Gasteiger partial charge in [-0.2, -0.15) is 0 Å². The van der Waals surface area contributed by atoms with Gasteiger partial charge < -0.3 is 14.2 Å². The Hall–Kier alpha value is -2.89. The second-order valence-electron chi connectivity index (χ2n) is 21.3. The smallest absolute Gasteiger partial charge is 0.306 e. The Balaban J connectivity index is 4.14. The molecule has 6 heteroatoms. The van der Waals surface area contributed by atoms with Gasteiger partial charge in [0.1, 0.15) is 13.2 Å². The molecule has 0 fully saturated rings. The van der Waals surface area contributed by atoms with Crippen molar-refractivity contribution in [3.63, 3.8) is 0 Å². The molecule has 0 aliphatic heterocycles. The fourth-order valence-corrected chi connectivity index (χ4v) is 9.26. The van der Waals surface area contributed by atoms with Crippen LogP contribution in [0.2, 0.25) is 0 Å². The van der Waals surface area contributed by atoms with Crippen molar-refractivity contribution in [2.45, 2.75) is 335 Å². The third-order valence-corrected chi connectivity index (χ3v) is 14.0. The van der Waals surface area contributed by atoms with E-state index in [2.05, 4.69) is 81.5 Å². The van der Waals surface area contributed by atoms with Gasteiger partial charge >= 0.3 is 17.9 Å². The van der Waals surface area contributed by atoms with E-state index in [0.717, 1.165) is 116 Å². The number of esters is 3. The van der Waals surface area contributed by atoms with Crippen LogP contribution in [0.4, 0.5) is 0 Å². The highest BCUT2D eigenvalue weighted by Gasteiger charge is 2.19. The van der Waals surface area contributed by atoms with Crippen molar-refractivity contribution >= 4 is 17.9 Å². The van der Waals surface area contributed by atoms with Crippen molar-refractivity contribution in [2.75, 3.05) is 13.2 Å². The Morgan fingerprint density at radius 2 is 0.562 bits per heavy atom. The van der Waals surface area contributed by atoms with E-state index < -0.39 is 6.10 Å². The lowest BCUT2D eigenvalue weighted by Gasteiger charge is -2.18. The van der Waals surface area contributed by atoms with E-state index in [9.17, 15) is 14.4 Å². The minimum atomic E-state index is -0.794. The van der Waals surface area contributed by atoms with Crippen LogP contribution in [0.25, 0.3) is 0 Å². The minimum absolute atomic E-state index is 0.0883. The number of hydrogen-bond donors (Lipinski definition) is 0. The Morgan fingerprint density at radius 1 is 0.288 bits per heavy atom. The first kappa shape index (κ1) is 70.1. The predicted molar refractivity (Wildman–Crippen MR) is 316 cm³/mol. The molecule has 0 aromatic rings. The number of carbonyl (C=O) groups excluding carboxylic acids is 3. The molecule has 0 aliphatic carbocycles. The number of rotatable bonds is 58. The summed E-state index contributed by atoms with van der Waals surface area (Å²) in [5, 5.41) is 0. The number of carbonyl (C=O) groups is 3. The van der Waals surface area contributed by atoms with E-state index in [1.807, 2.05) is 0 Å². The largest absolute Gasteiger partial charge is 0.462 e. The summed E-state index contributed by atoms with van der Waals surface area (Å²) in [6.45, 7) is 6.46. The Labute approximate surface area is 453 Å². The molecule has 0 aromatic heterocycles. The molecular weight excluding hydrogens is 901 g/mol. The molecule has 73 heavy (non-hydrogen) atoms. The summed E-state index contributed by atoms with van der Waals surface area (Å²) in [6.07, 6.45) is 78.3. The second kappa shape index (κ2) is 61.7. The van der Waals surface area contributed by atoms with Gasteiger partial charge in [-0.05, 0) is 77.0 Å². The lowest BCUT2D eigenvalue weighted by Crippen LogP contribution is -2.30. The molecule has 6 nitrogen and oxygen atoms in total. The summed E-state index contributed by atoms with van der Waals surface area (Å²) in [5.41, 5.74) is 0. The van der Waals surface area contributed by atoms with Crippen LogP contribution in [0, 0.1) is 0 Å². The van der Waals surface area contributed by atoms with E-state index in [1.165, 1.54) is 173 Å². The molecule has 0 N–H and O–H groups in total. The van der Waals surface area contributed by atoms with E-state index in [4.69, 9.17) is 14.2 Å². The Kier molecular flexibility index (Phi) is 59.2. The summed E-state index contributed by atoms with van der Waals surface area (Å²) < 4.78 is 16.8. The summed E-state index contributed by atoms with van der Waals surface area (Å²) >= 11 is 0. The van der Waals surface area contributed by atoms with Crippen LogP contribution in [0.5, 0.6) is 0 Å². The summed E-state index contributed by atoms with van der Waals surface area (Å²) in [6, 6.07) is 0. The lowest BCUT2D eigenvalue weighted by molar-refractivity contribution is -0.167. The molecule has 424 valence electrons. The summed E-state index contributed by atoms with van der Waals surface area (Å²) in [7, 11) is 0. The van der Waals surface area contributed by atoms with E-state index in [-0.39, 0.29) is 31.1 Å². The maximum absolute atomic E-state index is 12.8. The number of unbranched alkanes of at least 4 members (excludes halogenated alkanes) is 37. The molecule has 1 atom stereocenters. The van der Waals surface area contributed by atoms with Crippen molar-refractivity contribution in [1.29, 1.82) is 0 Å². The zero-order valence-corrected chi connectivity index (χ0v) is 48.7. The van der Waals surface area contributed by atoms with Crippen molar-refractivity contribution in [2.24, 2.45) is 0 Å². The van der Waals surface area contributed by atoms with Crippen molar-refractivity contribution in [3.8, 4) is 0 Å². The van der Waals surface area contributed by atoms with Gasteiger partial charge in [-0.3, -0.25) is 14.4 Å². The number of hydrogen-bond acceptors (Lipinski definition) is 6. The molecule has 1 unspecified atom stereocenters. The van der Waals surface area contributed by atoms with Gasteiger partial charge in [-0.25, -0.2) is 0 Å². The first-order chi connectivity index (χ1) is 36.0. The van der Waals surface area contributed by atoms with E-state index >= 15 is 0 Å². The molecule has 0 radical (unpaired) electrons. The maximum atomic E-state index is 12.8. The topological polar surface area (TPSA) is 78.9 Å². The first-order valence-electron chi connectivity index (χ1n) is 31.8. The van der Waals surface area contributed by atoms with Gasteiger partial charge in [-0.15, -0.1) is 0 Å². The second-order valence-corrected chi connectivity index (χ2v) is 21.3. The van der Waals surface area contributed by atoms with Gasteiger partial charge in [0.25, 0.3) is 0 Å². The van der Waals surface area contributed by atoms with Gasteiger partial charge in [0, 0.05) is 19.3 Å². The zero-order chi connectivity index (χ0) is 52.9. The highest BCUT2D eigenvalue weighted by molar-refractivity contribution is 5.71. The van der Waals surface area contributed by atoms with Crippen molar-refractivity contribution in [1.82, 2.24) is 0 Å². The van der Waals surface area contributed by atoms with Crippen LogP contribution >= 0.6 is 0 Å². The van der Waals surface area contributed by atoms with E-state index in [1.54, 1.807) is 0 Å². The van der Waals surface area contributed by atoms with Crippen LogP contribution in [0.3, 0.4) is 0 Å². The quantitative estimate of drug-likeness (QED) is 0.0261. The zero-order valence-electron chi connectivity index (χ0n) is 48.7.